The van der Waals surface area contributed by atoms with Gasteiger partial charge >= 0.3 is 5.97 Å². The van der Waals surface area contributed by atoms with Crippen LogP contribution in [0.1, 0.15) is 35.1 Å². The normalized spacial score (nSPS) is 17.5. The van der Waals surface area contributed by atoms with Crippen LogP contribution in [0.4, 0.5) is 0 Å². The van der Waals surface area contributed by atoms with Gasteiger partial charge < -0.3 is 9.84 Å². The molecule has 1 aliphatic rings. The lowest BCUT2D eigenvalue weighted by Gasteiger charge is -2.03. The third-order valence-corrected chi connectivity index (χ3v) is 2.66. The van der Waals surface area contributed by atoms with E-state index in [4.69, 9.17) is 0 Å². The summed E-state index contributed by atoms with van der Waals surface area (Å²) in [7, 11) is 2.99. The molecule has 0 aromatic carbocycles. The van der Waals surface area contributed by atoms with Gasteiger partial charge in [-0.3, -0.25) is 4.68 Å². The molecular formula is C10H14N2O3. The van der Waals surface area contributed by atoms with Crippen molar-refractivity contribution in [3.8, 4) is 0 Å². The molecule has 1 saturated carbocycles. The zero-order valence-electron chi connectivity index (χ0n) is 8.80. The summed E-state index contributed by atoms with van der Waals surface area (Å²) < 4.78 is 6.04. The zero-order chi connectivity index (χ0) is 11.0. The summed E-state index contributed by atoms with van der Waals surface area (Å²) >= 11 is 0. The Balaban J connectivity index is 2.23. The number of nitrogens with zero attached hydrogens (tertiary/aromatic N) is 2. The monoisotopic (exact) mass is 210 g/mol. The number of methoxy groups -OCH3 is 1. The Morgan fingerprint density at radius 1 is 1.73 bits per heavy atom. The molecule has 0 bridgehead atoms. The summed E-state index contributed by atoms with van der Waals surface area (Å²) in [5, 5.41) is 13.9. The molecule has 2 rings (SSSR count). The zero-order valence-corrected chi connectivity index (χ0v) is 8.80. The van der Waals surface area contributed by atoms with Gasteiger partial charge in [-0.25, -0.2) is 4.79 Å². The second-order valence-corrected chi connectivity index (χ2v) is 3.85. The molecule has 0 aliphatic heterocycles. The van der Waals surface area contributed by atoms with Crippen molar-refractivity contribution in [2.24, 2.45) is 13.0 Å². The van der Waals surface area contributed by atoms with Crippen LogP contribution in [0.5, 0.6) is 0 Å². The topological polar surface area (TPSA) is 64.3 Å². The Hall–Kier alpha value is -1.36. The van der Waals surface area contributed by atoms with Crippen molar-refractivity contribution in [1.29, 1.82) is 0 Å². The van der Waals surface area contributed by atoms with Gasteiger partial charge in [0.15, 0.2) is 0 Å². The van der Waals surface area contributed by atoms with Crippen LogP contribution in [0.3, 0.4) is 0 Å². The molecule has 1 fully saturated rings. The van der Waals surface area contributed by atoms with Crippen LogP contribution in [0.15, 0.2) is 6.07 Å². The van der Waals surface area contributed by atoms with Crippen LogP contribution in [-0.4, -0.2) is 28.0 Å². The molecule has 1 unspecified atom stereocenters. The minimum Gasteiger partial charge on any atom is -0.464 e. The highest BCUT2D eigenvalue weighted by atomic mass is 16.5. The molecule has 15 heavy (non-hydrogen) atoms. The summed E-state index contributed by atoms with van der Waals surface area (Å²) in [6, 6.07) is 1.59. The van der Waals surface area contributed by atoms with Crippen molar-refractivity contribution in [3.63, 3.8) is 0 Å². The number of esters is 1. The first-order valence-corrected chi connectivity index (χ1v) is 4.93. The third-order valence-electron chi connectivity index (χ3n) is 2.66. The molecule has 5 heteroatoms. The SMILES string of the molecule is COC(=O)c1cc(C(O)C2CC2)nn1C. The predicted octanol–water partition coefficient (Wildman–Crippen LogP) is 0.650. The maximum absolute atomic E-state index is 11.3. The van der Waals surface area contributed by atoms with E-state index in [9.17, 15) is 9.90 Å². The molecule has 82 valence electrons. The Labute approximate surface area is 87.7 Å². The fourth-order valence-electron chi connectivity index (χ4n) is 1.58. The van der Waals surface area contributed by atoms with Gasteiger partial charge in [0.2, 0.25) is 0 Å². The number of hydrogen-bond donors (Lipinski definition) is 1. The van der Waals surface area contributed by atoms with Crippen LogP contribution >= 0.6 is 0 Å². The molecule has 1 aromatic heterocycles. The first-order valence-electron chi connectivity index (χ1n) is 4.93. The quantitative estimate of drug-likeness (QED) is 0.744. The standard InChI is InChI=1S/C10H14N2O3/c1-12-8(10(14)15-2)5-7(11-12)9(13)6-3-4-6/h5-6,9,13H,3-4H2,1-2H3. The number of aliphatic hydroxyl groups is 1. The van der Waals surface area contributed by atoms with Crippen molar-refractivity contribution in [1.82, 2.24) is 9.78 Å². The molecule has 1 heterocycles. The van der Waals surface area contributed by atoms with Gasteiger partial charge in [-0.05, 0) is 24.8 Å². The average Bonchev–Trinajstić information content (AvgIpc) is 3.00. The van der Waals surface area contributed by atoms with Gasteiger partial charge in [-0.1, -0.05) is 0 Å². The number of aliphatic hydroxyl groups excluding tert-OH is 1. The molecule has 1 aliphatic carbocycles. The van der Waals surface area contributed by atoms with Gasteiger partial charge in [0.25, 0.3) is 0 Å². The minimum atomic E-state index is -0.547. The summed E-state index contributed by atoms with van der Waals surface area (Å²) in [4.78, 5) is 11.3. The van der Waals surface area contributed by atoms with Gasteiger partial charge in [0, 0.05) is 7.05 Å². The summed E-state index contributed by atoms with van der Waals surface area (Å²) in [6.45, 7) is 0. The van der Waals surface area contributed by atoms with Gasteiger partial charge in [-0.2, -0.15) is 5.10 Å². The lowest BCUT2D eigenvalue weighted by molar-refractivity contribution is 0.0588. The summed E-state index contributed by atoms with van der Waals surface area (Å²) in [5.74, 6) is -0.121. The Morgan fingerprint density at radius 2 is 2.40 bits per heavy atom. The lowest BCUT2D eigenvalue weighted by Crippen LogP contribution is -2.08. The van der Waals surface area contributed by atoms with Crippen molar-refractivity contribution < 1.29 is 14.6 Å². The molecule has 1 atom stereocenters. The van der Waals surface area contributed by atoms with E-state index in [2.05, 4.69) is 9.84 Å². The second kappa shape index (κ2) is 3.66. The van der Waals surface area contributed by atoms with Gasteiger partial charge in [-0.15, -0.1) is 0 Å². The van der Waals surface area contributed by atoms with Crippen molar-refractivity contribution >= 4 is 5.97 Å². The van der Waals surface area contributed by atoms with Crippen LogP contribution in [0, 0.1) is 5.92 Å². The van der Waals surface area contributed by atoms with Crippen LogP contribution in [0.25, 0.3) is 0 Å². The highest BCUT2D eigenvalue weighted by molar-refractivity contribution is 5.87. The fraction of sp³-hybridized carbons (Fsp3) is 0.600. The van der Waals surface area contributed by atoms with Crippen molar-refractivity contribution in [3.05, 3.63) is 17.5 Å². The number of aryl methyl sites for hydroxylation is 1. The summed E-state index contributed by atoms with van der Waals surface area (Å²) in [6.07, 6.45) is 1.52. The number of carbonyl (C=O) groups excluding carboxylic acids is 1. The number of aromatic nitrogens is 2. The predicted molar refractivity (Wildman–Crippen MR) is 52.2 cm³/mol. The van der Waals surface area contributed by atoms with Crippen LogP contribution in [-0.2, 0) is 11.8 Å². The Bertz CT molecular complexity index is 382. The van der Waals surface area contributed by atoms with Gasteiger partial charge in [0.1, 0.15) is 11.8 Å². The van der Waals surface area contributed by atoms with E-state index in [1.165, 1.54) is 11.8 Å². The Morgan fingerprint density at radius 3 is 2.93 bits per heavy atom. The van der Waals surface area contributed by atoms with E-state index >= 15 is 0 Å². The van der Waals surface area contributed by atoms with E-state index in [-0.39, 0.29) is 0 Å². The van der Waals surface area contributed by atoms with E-state index in [1.54, 1.807) is 13.1 Å². The number of rotatable bonds is 3. The number of ether oxygens (including phenoxy) is 1. The number of carbonyl (C=O) groups is 1. The van der Waals surface area contributed by atoms with Crippen molar-refractivity contribution in [2.75, 3.05) is 7.11 Å². The van der Waals surface area contributed by atoms with Crippen molar-refractivity contribution in [2.45, 2.75) is 18.9 Å². The molecular weight excluding hydrogens is 196 g/mol. The van der Waals surface area contributed by atoms with Crippen LogP contribution in [0.2, 0.25) is 0 Å². The number of hydrogen-bond acceptors (Lipinski definition) is 4. The second-order valence-electron chi connectivity index (χ2n) is 3.85. The maximum Gasteiger partial charge on any atom is 0.356 e. The maximum atomic E-state index is 11.3. The largest absolute Gasteiger partial charge is 0.464 e. The molecule has 0 saturated heterocycles. The first-order chi connectivity index (χ1) is 7.13. The minimum absolute atomic E-state index is 0.311. The van der Waals surface area contributed by atoms with E-state index in [0.717, 1.165) is 12.8 Å². The highest BCUT2D eigenvalue weighted by Crippen LogP contribution is 2.40. The first kappa shape index (κ1) is 10.2. The molecule has 0 amide bonds. The molecule has 0 spiro atoms. The molecule has 0 radical (unpaired) electrons. The van der Waals surface area contributed by atoms with E-state index in [0.29, 0.717) is 17.3 Å². The average molecular weight is 210 g/mol. The highest BCUT2D eigenvalue weighted by Gasteiger charge is 2.33. The molecule has 1 aromatic rings. The fourth-order valence-corrected chi connectivity index (χ4v) is 1.58. The van der Waals surface area contributed by atoms with E-state index < -0.39 is 12.1 Å². The summed E-state index contributed by atoms with van der Waals surface area (Å²) in [5.41, 5.74) is 0.924. The van der Waals surface area contributed by atoms with Crippen LogP contribution < -0.4 is 0 Å². The lowest BCUT2D eigenvalue weighted by atomic mass is 10.1. The molecule has 5 nitrogen and oxygen atoms in total. The van der Waals surface area contributed by atoms with E-state index in [1.807, 2.05) is 0 Å². The Kier molecular flexibility index (Phi) is 2.48. The molecule has 1 N–H and O–H groups in total. The smallest absolute Gasteiger partial charge is 0.356 e. The third kappa shape index (κ3) is 1.87. The van der Waals surface area contributed by atoms with Gasteiger partial charge in [0.05, 0.1) is 12.8 Å².